The number of alkyl halides is 5. The summed E-state index contributed by atoms with van der Waals surface area (Å²) in [6.07, 6.45) is -4.77. The van der Waals surface area contributed by atoms with Gasteiger partial charge in [-0.3, -0.25) is 14.4 Å². The molecule has 230 valence electrons. The zero-order chi connectivity index (χ0) is 31.7. The number of hydrogen-bond donors (Lipinski definition) is 4. The highest BCUT2D eigenvalue weighted by atomic mass is 35.5. The SMILES string of the molecule is CC(C)[C@H](CNC(=O)[C@@H](NC(=O)/C=C/c1cc(Cl)cc(Cl)c1)c1ccccc1)[C@@H](O)C(F)(F)C(=O)CNCC(F)(F)F. The van der Waals surface area contributed by atoms with Gasteiger partial charge in [-0.15, -0.1) is 0 Å². The Labute approximate surface area is 249 Å². The Morgan fingerprint density at radius 1 is 0.976 bits per heavy atom. The number of halogens is 7. The molecule has 0 fully saturated rings. The number of aliphatic hydroxyl groups excluding tert-OH is 1. The van der Waals surface area contributed by atoms with Gasteiger partial charge in [0.15, 0.2) is 0 Å². The topological polar surface area (TPSA) is 108 Å². The molecule has 0 aliphatic heterocycles. The van der Waals surface area contributed by atoms with E-state index in [0.29, 0.717) is 21.2 Å². The third kappa shape index (κ3) is 11.0. The Bertz CT molecular complexity index is 1240. The van der Waals surface area contributed by atoms with E-state index in [2.05, 4.69) is 10.6 Å². The van der Waals surface area contributed by atoms with Crippen LogP contribution < -0.4 is 16.0 Å². The highest BCUT2D eigenvalue weighted by molar-refractivity contribution is 6.34. The van der Waals surface area contributed by atoms with Gasteiger partial charge in [0.1, 0.15) is 12.1 Å². The molecule has 0 aliphatic rings. The summed E-state index contributed by atoms with van der Waals surface area (Å²) in [4.78, 5) is 37.8. The number of benzene rings is 2. The molecule has 2 amide bonds. The van der Waals surface area contributed by atoms with Crippen LogP contribution in [0.25, 0.3) is 6.08 Å². The van der Waals surface area contributed by atoms with Crippen LogP contribution in [0.4, 0.5) is 22.0 Å². The smallest absolute Gasteiger partial charge is 0.386 e. The summed E-state index contributed by atoms with van der Waals surface area (Å²) >= 11 is 11.9. The molecule has 42 heavy (non-hydrogen) atoms. The van der Waals surface area contributed by atoms with Gasteiger partial charge in [0.05, 0.1) is 13.1 Å². The summed E-state index contributed by atoms with van der Waals surface area (Å²) in [7, 11) is 0. The molecule has 2 aromatic rings. The van der Waals surface area contributed by atoms with Crippen molar-refractivity contribution in [3.63, 3.8) is 0 Å². The molecule has 0 bridgehead atoms. The molecule has 0 saturated carbocycles. The average Bonchev–Trinajstić information content (AvgIpc) is 2.89. The fourth-order valence-corrected chi connectivity index (χ4v) is 4.42. The van der Waals surface area contributed by atoms with Crippen molar-refractivity contribution in [3.8, 4) is 0 Å². The number of hydrogen-bond acceptors (Lipinski definition) is 5. The molecule has 2 rings (SSSR count). The normalized spacial score (nSPS) is 14.5. The van der Waals surface area contributed by atoms with Crippen LogP contribution in [0.1, 0.15) is 31.0 Å². The van der Waals surface area contributed by atoms with E-state index in [9.17, 15) is 41.4 Å². The third-order valence-corrected chi connectivity index (χ3v) is 6.56. The number of amides is 2. The quantitative estimate of drug-likeness (QED) is 0.173. The van der Waals surface area contributed by atoms with Crippen LogP contribution in [-0.2, 0) is 14.4 Å². The van der Waals surface area contributed by atoms with E-state index in [1.54, 1.807) is 47.8 Å². The first-order valence-corrected chi connectivity index (χ1v) is 13.4. The molecule has 14 heteroatoms. The zero-order valence-corrected chi connectivity index (χ0v) is 24.0. The lowest BCUT2D eigenvalue weighted by Crippen LogP contribution is -2.53. The Morgan fingerprint density at radius 3 is 2.12 bits per heavy atom. The molecular weight excluding hydrogens is 608 g/mol. The molecule has 7 nitrogen and oxygen atoms in total. The van der Waals surface area contributed by atoms with Crippen molar-refractivity contribution in [1.29, 1.82) is 0 Å². The summed E-state index contributed by atoms with van der Waals surface area (Å²) in [6.45, 7) is -0.592. The summed E-state index contributed by atoms with van der Waals surface area (Å²) in [5, 5.41) is 17.6. The van der Waals surface area contributed by atoms with Crippen LogP contribution in [0.3, 0.4) is 0 Å². The van der Waals surface area contributed by atoms with Crippen LogP contribution in [0.15, 0.2) is 54.6 Å². The van der Waals surface area contributed by atoms with Gasteiger partial charge in [-0.1, -0.05) is 67.4 Å². The first-order valence-electron chi connectivity index (χ1n) is 12.6. The Hall–Kier alpha value is -3.06. The molecule has 0 unspecified atom stereocenters. The first-order chi connectivity index (χ1) is 19.5. The predicted octanol–water partition coefficient (Wildman–Crippen LogP) is 4.97. The molecule has 2 aromatic carbocycles. The summed E-state index contributed by atoms with van der Waals surface area (Å²) in [5.74, 6) is -9.89. The lowest BCUT2D eigenvalue weighted by atomic mass is 9.85. The molecule has 0 aromatic heterocycles. The van der Waals surface area contributed by atoms with Gasteiger partial charge in [0, 0.05) is 28.6 Å². The first kappa shape index (κ1) is 35.1. The number of nitrogens with one attached hydrogen (secondary N) is 3. The number of Topliss-reactive ketones (excluding diaryl/α,β-unsaturated/α-hetero) is 1. The molecule has 0 radical (unpaired) electrons. The lowest BCUT2D eigenvalue weighted by Gasteiger charge is -2.32. The summed E-state index contributed by atoms with van der Waals surface area (Å²) < 4.78 is 66.3. The average molecular weight is 638 g/mol. The second-order valence-electron chi connectivity index (χ2n) is 9.75. The molecular formula is C28H30Cl2F5N3O4. The van der Waals surface area contributed by atoms with E-state index in [4.69, 9.17) is 23.2 Å². The number of carbonyl (C=O) groups is 3. The Kier molecular flexibility index (Phi) is 12.9. The standard InChI is InChI=1S/C28H30Cl2F5N3O4/c1-16(2)21(25(41)28(34,35)22(39)14-36-15-27(31,32)33)13-37-26(42)24(18-6-4-3-5-7-18)38-23(40)9-8-17-10-19(29)12-20(30)11-17/h3-12,16,21,24-25,36,41H,13-15H2,1-2H3,(H,37,42)(H,38,40)/b9-8+/t21-,24-,25+/m0/s1. The van der Waals surface area contributed by atoms with E-state index in [1.807, 2.05) is 0 Å². The highest BCUT2D eigenvalue weighted by Crippen LogP contribution is 2.30. The molecule has 3 atom stereocenters. The molecule has 4 N–H and O–H groups in total. The number of ketones is 1. The van der Waals surface area contributed by atoms with E-state index < -0.39 is 73.3 Å². The van der Waals surface area contributed by atoms with Gasteiger partial charge in [-0.05, 0) is 41.3 Å². The van der Waals surface area contributed by atoms with Crippen LogP contribution in [0, 0.1) is 11.8 Å². The van der Waals surface area contributed by atoms with Gasteiger partial charge < -0.3 is 21.1 Å². The van der Waals surface area contributed by atoms with E-state index in [1.165, 1.54) is 26.0 Å². The third-order valence-electron chi connectivity index (χ3n) is 6.12. The number of rotatable bonds is 14. The van der Waals surface area contributed by atoms with Gasteiger partial charge >= 0.3 is 12.1 Å². The number of carbonyl (C=O) groups excluding carboxylic acids is 3. The van der Waals surface area contributed by atoms with E-state index in [0.717, 1.165) is 6.08 Å². The van der Waals surface area contributed by atoms with Crippen LogP contribution >= 0.6 is 23.2 Å². The monoisotopic (exact) mass is 637 g/mol. The molecule has 0 heterocycles. The van der Waals surface area contributed by atoms with Crippen molar-refractivity contribution >= 4 is 46.9 Å². The lowest BCUT2D eigenvalue weighted by molar-refractivity contribution is -0.169. The van der Waals surface area contributed by atoms with Gasteiger partial charge in [-0.2, -0.15) is 22.0 Å². The van der Waals surface area contributed by atoms with Gasteiger partial charge in [0.25, 0.3) is 0 Å². The minimum Gasteiger partial charge on any atom is -0.386 e. The van der Waals surface area contributed by atoms with E-state index >= 15 is 0 Å². The minimum atomic E-state index is -4.72. The largest absolute Gasteiger partial charge is 0.401 e. The van der Waals surface area contributed by atoms with E-state index in [-0.39, 0.29) is 0 Å². The van der Waals surface area contributed by atoms with Crippen molar-refractivity contribution in [2.45, 2.75) is 38.1 Å². The number of aliphatic hydroxyl groups is 1. The van der Waals surface area contributed by atoms with Crippen LogP contribution in [0.5, 0.6) is 0 Å². The summed E-state index contributed by atoms with van der Waals surface area (Å²) in [6, 6.07) is 11.4. The maximum Gasteiger partial charge on any atom is 0.401 e. The van der Waals surface area contributed by atoms with Crippen molar-refractivity contribution in [2.75, 3.05) is 19.6 Å². The Morgan fingerprint density at radius 2 is 1.57 bits per heavy atom. The fourth-order valence-electron chi connectivity index (χ4n) is 3.88. The molecule has 0 aliphatic carbocycles. The van der Waals surface area contributed by atoms with Gasteiger partial charge in [0.2, 0.25) is 17.6 Å². The van der Waals surface area contributed by atoms with Gasteiger partial charge in [-0.25, -0.2) is 0 Å². The van der Waals surface area contributed by atoms with Crippen LogP contribution in [-0.4, -0.2) is 60.5 Å². The molecule has 0 spiro atoms. The van der Waals surface area contributed by atoms with Crippen LogP contribution in [0.2, 0.25) is 10.0 Å². The Balaban J connectivity index is 2.15. The fraction of sp³-hybridized carbons (Fsp3) is 0.393. The maximum absolute atomic E-state index is 14.7. The van der Waals surface area contributed by atoms with Crippen molar-refractivity contribution in [2.24, 2.45) is 11.8 Å². The summed E-state index contributed by atoms with van der Waals surface area (Å²) in [5.41, 5.74) is 0.877. The second-order valence-corrected chi connectivity index (χ2v) is 10.6. The van der Waals surface area contributed by atoms with Crippen molar-refractivity contribution < 1.29 is 41.4 Å². The van der Waals surface area contributed by atoms with Crippen molar-refractivity contribution in [3.05, 3.63) is 75.8 Å². The predicted molar refractivity (Wildman–Crippen MR) is 149 cm³/mol. The maximum atomic E-state index is 14.7. The molecule has 0 saturated heterocycles. The zero-order valence-electron chi connectivity index (χ0n) is 22.5. The minimum absolute atomic E-state index is 0.343. The second kappa shape index (κ2) is 15.4. The highest BCUT2D eigenvalue weighted by Gasteiger charge is 2.50. The van der Waals surface area contributed by atoms with Crippen molar-refractivity contribution in [1.82, 2.24) is 16.0 Å².